The average Bonchev–Trinajstić information content (AvgIpc) is 2.88. The number of hydrogen-bond acceptors (Lipinski definition) is 4. The third kappa shape index (κ3) is 4.92. The van der Waals surface area contributed by atoms with Crippen LogP contribution in [0.5, 0.6) is 0 Å². The summed E-state index contributed by atoms with van der Waals surface area (Å²) < 4.78 is 6.70. The fourth-order valence-corrected chi connectivity index (χ4v) is 2.62. The van der Waals surface area contributed by atoms with Crippen LogP contribution in [0.3, 0.4) is 0 Å². The van der Waals surface area contributed by atoms with E-state index in [1.807, 2.05) is 18.5 Å². The maximum atomic E-state index is 12.5. The lowest BCUT2D eigenvalue weighted by molar-refractivity contribution is -0.119. The SMILES string of the molecule is CCCCn1nc(C)c(NC(=O)c2ccc(NC(=O)COC)cc2)c1C. The fourth-order valence-electron chi connectivity index (χ4n) is 2.62. The number of amides is 2. The molecule has 0 saturated carbocycles. The van der Waals surface area contributed by atoms with Gasteiger partial charge >= 0.3 is 0 Å². The lowest BCUT2D eigenvalue weighted by Gasteiger charge is -2.08. The monoisotopic (exact) mass is 358 g/mol. The van der Waals surface area contributed by atoms with Crippen LogP contribution in [0.4, 0.5) is 11.4 Å². The van der Waals surface area contributed by atoms with E-state index >= 15 is 0 Å². The molecule has 0 bridgehead atoms. The predicted octanol–water partition coefficient (Wildman–Crippen LogP) is 3.14. The largest absolute Gasteiger partial charge is 0.375 e. The van der Waals surface area contributed by atoms with Crippen molar-refractivity contribution in [1.82, 2.24) is 9.78 Å². The maximum Gasteiger partial charge on any atom is 0.255 e. The number of hydrogen-bond donors (Lipinski definition) is 2. The molecule has 2 aromatic rings. The van der Waals surface area contributed by atoms with E-state index in [0.29, 0.717) is 11.3 Å². The van der Waals surface area contributed by atoms with E-state index in [1.54, 1.807) is 24.3 Å². The Labute approximate surface area is 153 Å². The summed E-state index contributed by atoms with van der Waals surface area (Å²) in [6, 6.07) is 6.72. The molecule has 7 nitrogen and oxygen atoms in total. The quantitative estimate of drug-likeness (QED) is 0.759. The molecule has 2 amide bonds. The van der Waals surface area contributed by atoms with Crippen LogP contribution in [0.1, 0.15) is 41.5 Å². The van der Waals surface area contributed by atoms with Gasteiger partial charge in [0.15, 0.2) is 0 Å². The molecule has 2 rings (SSSR count). The summed E-state index contributed by atoms with van der Waals surface area (Å²) in [5.41, 5.74) is 3.63. The number of nitrogens with zero attached hydrogens (tertiary/aromatic N) is 2. The van der Waals surface area contributed by atoms with Gasteiger partial charge < -0.3 is 15.4 Å². The van der Waals surface area contributed by atoms with Gasteiger partial charge in [-0.25, -0.2) is 0 Å². The molecule has 1 aromatic carbocycles. The first-order chi connectivity index (χ1) is 12.5. The first kappa shape index (κ1) is 19.7. The van der Waals surface area contributed by atoms with E-state index < -0.39 is 0 Å². The lowest BCUT2D eigenvalue weighted by Crippen LogP contribution is -2.17. The highest BCUT2D eigenvalue weighted by atomic mass is 16.5. The summed E-state index contributed by atoms with van der Waals surface area (Å²) in [4.78, 5) is 24.0. The molecule has 0 radical (unpaired) electrons. The van der Waals surface area contributed by atoms with Crippen molar-refractivity contribution in [3.63, 3.8) is 0 Å². The second kappa shape index (κ2) is 9.15. The van der Waals surface area contributed by atoms with E-state index in [1.165, 1.54) is 7.11 Å². The van der Waals surface area contributed by atoms with Crippen LogP contribution in [-0.2, 0) is 16.1 Å². The molecule has 2 N–H and O–H groups in total. The zero-order valence-corrected chi connectivity index (χ0v) is 15.8. The Morgan fingerprint density at radius 3 is 2.46 bits per heavy atom. The van der Waals surface area contributed by atoms with Gasteiger partial charge in [-0.15, -0.1) is 0 Å². The molecule has 7 heteroatoms. The van der Waals surface area contributed by atoms with Crippen molar-refractivity contribution < 1.29 is 14.3 Å². The highest BCUT2D eigenvalue weighted by Gasteiger charge is 2.15. The van der Waals surface area contributed by atoms with Crippen LogP contribution in [0.15, 0.2) is 24.3 Å². The number of ether oxygens (including phenoxy) is 1. The summed E-state index contributed by atoms with van der Waals surface area (Å²) >= 11 is 0. The van der Waals surface area contributed by atoms with Crippen LogP contribution < -0.4 is 10.6 Å². The summed E-state index contributed by atoms with van der Waals surface area (Å²) in [6.07, 6.45) is 2.14. The predicted molar refractivity (Wildman–Crippen MR) is 102 cm³/mol. The number of aromatic nitrogens is 2. The second-order valence-electron chi connectivity index (χ2n) is 6.14. The Hall–Kier alpha value is -2.67. The number of nitrogens with one attached hydrogen (secondary N) is 2. The van der Waals surface area contributed by atoms with E-state index in [9.17, 15) is 9.59 Å². The van der Waals surface area contributed by atoms with Gasteiger partial charge in [0, 0.05) is 24.9 Å². The maximum absolute atomic E-state index is 12.5. The van der Waals surface area contributed by atoms with E-state index in [4.69, 9.17) is 4.74 Å². The van der Waals surface area contributed by atoms with Crippen molar-refractivity contribution in [2.24, 2.45) is 0 Å². The fraction of sp³-hybridized carbons (Fsp3) is 0.421. The number of benzene rings is 1. The number of carbonyl (C=O) groups is 2. The standard InChI is InChI=1S/C19H26N4O3/c1-5-6-11-23-14(3)18(13(2)22-23)21-19(25)15-7-9-16(10-8-15)20-17(24)12-26-4/h7-10H,5-6,11-12H2,1-4H3,(H,20,24)(H,21,25). The zero-order valence-electron chi connectivity index (χ0n) is 15.8. The molecule has 1 aromatic heterocycles. The van der Waals surface area contributed by atoms with Gasteiger partial charge in [0.05, 0.1) is 17.1 Å². The first-order valence-corrected chi connectivity index (χ1v) is 8.70. The molecule has 0 aliphatic carbocycles. The number of unbranched alkanes of at least 4 members (excludes halogenated alkanes) is 1. The van der Waals surface area contributed by atoms with Crippen LogP contribution in [-0.4, -0.2) is 35.3 Å². The van der Waals surface area contributed by atoms with Crippen molar-refractivity contribution >= 4 is 23.2 Å². The summed E-state index contributed by atoms with van der Waals surface area (Å²) in [5.74, 6) is -0.448. The highest BCUT2D eigenvalue weighted by Crippen LogP contribution is 2.21. The van der Waals surface area contributed by atoms with Gasteiger partial charge in [-0.1, -0.05) is 13.3 Å². The molecule has 0 saturated heterocycles. The minimum absolute atomic E-state index is 0.0111. The van der Waals surface area contributed by atoms with Crippen molar-refractivity contribution in [3.05, 3.63) is 41.2 Å². The summed E-state index contributed by atoms with van der Waals surface area (Å²) in [7, 11) is 1.46. The minimum atomic E-state index is -0.240. The second-order valence-corrected chi connectivity index (χ2v) is 6.14. The molecular formula is C19H26N4O3. The summed E-state index contributed by atoms with van der Waals surface area (Å²) in [6.45, 7) is 6.81. The molecule has 0 atom stereocenters. The average molecular weight is 358 g/mol. The number of carbonyl (C=O) groups excluding carboxylic acids is 2. The molecule has 0 unspecified atom stereocenters. The van der Waals surface area contributed by atoms with E-state index in [-0.39, 0.29) is 18.4 Å². The third-order valence-corrected chi connectivity index (χ3v) is 4.05. The van der Waals surface area contributed by atoms with Crippen LogP contribution in [0, 0.1) is 13.8 Å². The van der Waals surface area contributed by atoms with E-state index in [0.717, 1.165) is 36.5 Å². The number of rotatable bonds is 8. The smallest absolute Gasteiger partial charge is 0.255 e. The van der Waals surface area contributed by atoms with Crippen molar-refractivity contribution in [2.75, 3.05) is 24.4 Å². The van der Waals surface area contributed by atoms with E-state index in [2.05, 4.69) is 22.7 Å². The topological polar surface area (TPSA) is 85.3 Å². The third-order valence-electron chi connectivity index (χ3n) is 4.05. The first-order valence-electron chi connectivity index (χ1n) is 8.70. The van der Waals surface area contributed by atoms with Gasteiger partial charge in [-0.3, -0.25) is 14.3 Å². The molecule has 1 heterocycles. The molecule has 0 fully saturated rings. The molecule has 26 heavy (non-hydrogen) atoms. The molecular weight excluding hydrogens is 332 g/mol. The van der Waals surface area contributed by atoms with Gasteiger partial charge in [0.25, 0.3) is 5.91 Å². The minimum Gasteiger partial charge on any atom is -0.375 e. The molecule has 140 valence electrons. The Balaban J connectivity index is 2.06. The highest BCUT2D eigenvalue weighted by molar-refractivity contribution is 6.05. The Morgan fingerprint density at radius 2 is 1.85 bits per heavy atom. The van der Waals surface area contributed by atoms with Crippen LogP contribution in [0.25, 0.3) is 0 Å². The Morgan fingerprint density at radius 1 is 1.15 bits per heavy atom. The van der Waals surface area contributed by atoms with Gasteiger partial charge in [-0.2, -0.15) is 5.10 Å². The van der Waals surface area contributed by atoms with Gasteiger partial charge in [-0.05, 0) is 44.5 Å². The molecule has 0 spiro atoms. The number of aryl methyl sites for hydroxylation is 2. The zero-order chi connectivity index (χ0) is 19.1. The van der Waals surface area contributed by atoms with Crippen molar-refractivity contribution in [3.8, 4) is 0 Å². The number of anilines is 2. The van der Waals surface area contributed by atoms with Crippen LogP contribution >= 0.6 is 0 Å². The van der Waals surface area contributed by atoms with Crippen LogP contribution in [0.2, 0.25) is 0 Å². The normalized spacial score (nSPS) is 10.6. The molecule has 0 aliphatic rings. The lowest BCUT2D eigenvalue weighted by atomic mass is 10.2. The Bertz CT molecular complexity index is 766. The van der Waals surface area contributed by atoms with Crippen molar-refractivity contribution in [2.45, 2.75) is 40.2 Å². The summed E-state index contributed by atoms with van der Waals surface area (Å²) in [5, 5.41) is 10.1. The van der Waals surface area contributed by atoms with Gasteiger partial charge in [0.1, 0.15) is 6.61 Å². The van der Waals surface area contributed by atoms with Gasteiger partial charge in [0.2, 0.25) is 5.91 Å². The van der Waals surface area contributed by atoms with Crippen molar-refractivity contribution in [1.29, 1.82) is 0 Å². The number of methoxy groups -OCH3 is 1. The molecule has 0 aliphatic heterocycles. The Kier molecular flexibility index (Phi) is 6.91.